The number of aliphatic carboxylic acids is 2. The SMILES string of the molecule is O=C(CCCCN1CCC(c2noc3cc(F)ccc23)CC1)N1c2ccccc2CCc2ccccc21.O=C(O)C(=O)O. The van der Waals surface area contributed by atoms with Gasteiger partial charge in [-0.15, -0.1) is 0 Å². The Balaban J connectivity index is 0.000000559. The zero-order valence-electron chi connectivity index (χ0n) is 23.7. The fourth-order valence-corrected chi connectivity index (χ4v) is 5.93. The minimum atomic E-state index is -1.82. The van der Waals surface area contributed by atoms with E-state index in [1.165, 1.54) is 23.3 Å². The number of benzene rings is 3. The fourth-order valence-electron chi connectivity index (χ4n) is 5.93. The maximum atomic E-state index is 13.5. The number of rotatable bonds is 6. The molecule has 4 aromatic rings. The zero-order valence-corrected chi connectivity index (χ0v) is 23.7. The van der Waals surface area contributed by atoms with Crippen LogP contribution >= 0.6 is 0 Å². The predicted molar refractivity (Wildman–Crippen MR) is 159 cm³/mol. The summed E-state index contributed by atoms with van der Waals surface area (Å²) in [5.74, 6) is -3.43. The lowest BCUT2D eigenvalue weighted by atomic mass is 9.91. The maximum Gasteiger partial charge on any atom is 0.414 e. The molecule has 3 aromatic carbocycles. The lowest BCUT2D eigenvalue weighted by Crippen LogP contribution is -2.34. The summed E-state index contributed by atoms with van der Waals surface area (Å²) in [5.41, 5.74) is 6.01. The highest BCUT2D eigenvalue weighted by Gasteiger charge is 2.27. The van der Waals surface area contributed by atoms with Crippen molar-refractivity contribution in [2.45, 2.75) is 50.9 Å². The van der Waals surface area contributed by atoms with Crippen molar-refractivity contribution >= 4 is 40.2 Å². The quantitative estimate of drug-likeness (QED) is 0.210. The average Bonchev–Trinajstić information content (AvgIpc) is 3.35. The van der Waals surface area contributed by atoms with Gasteiger partial charge in [-0.2, -0.15) is 0 Å². The van der Waals surface area contributed by atoms with Crippen LogP contribution in [0.4, 0.5) is 15.8 Å². The molecule has 2 aliphatic heterocycles. The molecule has 10 heteroatoms. The van der Waals surface area contributed by atoms with Crippen LogP contribution in [-0.2, 0) is 27.2 Å². The van der Waals surface area contributed by atoms with Crippen LogP contribution in [0.1, 0.15) is 54.8 Å². The lowest BCUT2D eigenvalue weighted by Gasteiger charge is -2.31. The number of likely N-dealkylation sites (tertiary alicyclic amines) is 1. The van der Waals surface area contributed by atoms with Crippen LogP contribution in [0.15, 0.2) is 71.3 Å². The molecular weight excluding hydrogens is 553 g/mol. The van der Waals surface area contributed by atoms with E-state index in [0.29, 0.717) is 17.9 Å². The number of carboxylic acid groups (broad SMARTS) is 2. The Kier molecular flexibility index (Phi) is 9.46. The monoisotopic (exact) mass is 587 g/mol. The van der Waals surface area contributed by atoms with Crippen LogP contribution in [0.5, 0.6) is 0 Å². The number of aryl methyl sites for hydroxylation is 2. The number of fused-ring (bicyclic) bond motifs is 3. The Bertz CT molecular complexity index is 1550. The predicted octanol–water partition coefficient (Wildman–Crippen LogP) is 5.94. The van der Waals surface area contributed by atoms with E-state index in [9.17, 15) is 9.18 Å². The van der Waals surface area contributed by atoms with Crippen LogP contribution in [0, 0.1) is 5.82 Å². The smallest absolute Gasteiger partial charge is 0.414 e. The Morgan fingerprint density at radius 1 is 0.860 bits per heavy atom. The van der Waals surface area contributed by atoms with E-state index in [4.69, 9.17) is 24.3 Å². The second-order valence-electron chi connectivity index (χ2n) is 10.9. The molecule has 0 aliphatic carbocycles. The number of piperidine rings is 1. The minimum absolute atomic E-state index is 0.176. The number of carbonyl (C=O) groups is 3. The highest BCUT2D eigenvalue weighted by atomic mass is 19.1. The first kappa shape index (κ1) is 29.9. The Hall–Kier alpha value is -4.57. The van der Waals surface area contributed by atoms with Crippen LogP contribution in [0.25, 0.3) is 11.0 Å². The first-order chi connectivity index (χ1) is 20.8. The minimum Gasteiger partial charge on any atom is -0.473 e. The van der Waals surface area contributed by atoms with E-state index < -0.39 is 11.9 Å². The van der Waals surface area contributed by atoms with Gasteiger partial charge in [-0.25, -0.2) is 14.0 Å². The molecule has 1 aromatic heterocycles. The van der Waals surface area contributed by atoms with Crippen molar-refractivity contribution in [3.63, 3.8) is 0 Å². The highest BCUT2D eigenvalue weighted by molar-refractivity contribution is 6.27. The number of unbranched alkanes of at least 4 members (excludes halogenated alkanes) is 1. The van der Waals surface area contributed by atoms with E-state index >= 15 is 0 Å². The number of anilines is 2. The summed E-state index contributed by atoms with van der Waals surface area (Å²) in [5, 5.41) is 20.0. The number of hydrogen-bond donors (Lipinski definition) is 2. The van der Waals surface area contributed by atoms with Gasteiger partial charge in [0.05, 0.1) is 17.1 Å². The van der Waals surface area contributed by atoms with Crippen LogP contribution in [0.3, 0.4) is 0 Å². The van der Waals surface area contributed by atoms with Gasteiger partial charge >= 0.3 is 11.9 Å². The summed E-state index contributed by atoms with van der Waals surface area (Å²) in [6.07, 6.45) is 6.35. The van der Waals surface area contributed by atoms with Gasteiger partial charge in [-0.05, 0) is 93.6 Å². The molecule has 0 spiro atoms. The lowest BCUT2D eigenvalue weighted by molar-refractivity contribution is -0.159. The summed E-state index contributed by atoms with van der Waals surface area (Å²) in [6.45, 7) is 3.00. The number of carboxylic acids is 2. The molecule has 6 rings (SSSR count). The van der Waals surface area contributed by atoms with Crippen LogP contribution in [0.2, 0.25) is 0 Å². The summed E-state index contributed by atoms with van der Waals surface area (Å²) in [7, 11) is 0. The van der Waals surface area contributed by atoms with Gasteiger partial charge in [0.25, 0.3) is 0 Å². The van der Waals surface area contributed by atoms with E-state index in [0.717, 1.165) is 80.6 Å². The topological polar surface area (TPSA) is 124 Å². The second kappa shape index (κ2) is 13.6. The summed E-state index contributed by atoms with van der Waals surface area (Å²) >= 11 is 0. The van der Waals surface area contributed by atoms with Crippen molar-refractivity contribution in [2.75, 3.05) is 24.5 Å². The van der Waals surface area contributed by atoms with Crippen LogP contribution in [-0.4, -0.2) is 57.7 Å². The zero-order chi connectivity index (χ0) is 30.3. The van der Waals surface area contributed by atoms with Crippen molar-refractivity contribution in [1.29, 1.82) is 0 Å². The molecule has 0 radical (unpaired) electrons. The van der Waals surface area contributed by atoms with Gasteiger partial charge in [0.1, 0.15) is 5.82 Å². The van der Waals surface area contributed by atoms with Crippen molar-refractivity contribution < 1.29 is 33.5 Å². The molecule has 224 valence electrons. The van der Waals surface area contributed by atoms with Gasteiger partial charge < -0.3 is 19.6 Å². The number of carbonyl (C=O) groups excluding carboxylic acids is 1. The molecule has 0 bridgehead atoms. The third kappa shape index (κ3) is 7.09. The molecule has 1 fully saturated rings. The molecule has 0 atom stereocenters. The second-order valence-corrected chi connectivity index (χ2v) is 10.9. The van der Waals surface area contributed by atoms with Gasteiger partial charge in [-0.1, -0.05) is 41.6 Å². The van der Waals surface area contributed by atoms with Crippen molar-refractivity contribution in [3.05, 3.63) is 89.4 Å². The van der Waals surface area contributed by atoms with Crippen molar-refractivity contribution in [2.24, 2.45) is 0 Å². The Morgan fingerprint density at radius 3 is 2.07 bits per heavy atom. The van der Waals surface area contributed by atoms with Crippen molar-refractivity contribution in [3.8, 4) is 0 Å². The van der Waals surface area contributed by atoms with E-state index in [-0.39, 0.29) is 11.7 Å². The number of para-hydroxylation sites is 2. The van der Waals surface area contributed by atoms with Gasteiger partial charge in [-0.3, -0.25) is 9.69 Å². The number of aromatic nitrogens is 1. The van der Waals surface area contributed by atoms with E-state index in [2.05, 4.69) is 46.5 Å². The fraction of sp³-hybridized carbons (Fsp3) is 0.333. The molecular formula is C33H34FN3O6. The molecule has 9 nitrogen and oxygen atoms in total. The van der Waals surface area contributed by atoms with Gasteiger partial charge in [0, 0.05) is 23.8 Å². The normalized spacial score (nSPS) is 15.1. The largest absolute Gasteiger partial charge is 0.473 e. The maximum absolute atomic E-state index is 13.5. The molecule has 2 aliphatic rings. The van der Waals surface area contributed by atoms with Gasteiger partial charge in [0.2, 0.25) is 5.91 Å². The van der Waals surface area contributed by atoms with Crippen LogP contribution < -0.4 is 4.90 Å². The third-order valence-electron chi connectivity index (χ3n) is 8.11. The Labute approximate surface area is 248 Å². The standard InChI is InChI=1S/C31H32FN3O2.C2H2O4/c32-25-14-15-26-29(21-25)37-33-31(26)24-16-19-34(20-17-24)18-6-5-11-30(36)35-27-9-3-1-7-22(27)12-13-23-8-2-4-10-28(23)35;3-1(4)2(5)6/h1-4,7-10,14-15,21,24H,5-6,11-13,16-20H2;(H,3,4)(H,5,6). The summed E-state index contributed by atoms with van der Waals surface area (Å²) in [4.78, 5) is 36.1. The molecule has 0 unspecified atom stereocenters. The molecule has 43 heavy (non-hydrogen) atoms. The molecule has 0 saturated carbocycles. The number of hydrogen-bond acceptors (Lipinski definition) is 6. The van der Waals surface area contributed by atoms with E-state index in [1.807, 2.05) is 17.0 Å². The molecule has 3 heterocycles. The first-order valence-electron chi connectivity index (χ1n) is 14.5. The molecule has 1 amide bonds. The number of halogens is 1. The molecule has 1 saturated heterocycles. The summed E-state index contributed by atoms with van der Waals surface area (Å²) < 4.78 is 18.8. The summed E-state index contributed by atoms with van der Waals surface area (Å²) in [6, 6.07) is 21.3. The van der Waals surface area contributed by atoms with Gasteiger partial charge in [0.15, 0.2) is 5.58 Å². The number of nitrogens with zero attached hydrogens (tertiary/aromatic N) is 3. The Morgan fingerprint density at radius 2 is 1.47 bits per heavy atom. The van der Waals surface area contributed by atoms with E-state index in [1.54, 1.807) is 6.07 Å². The molecule has 2 N–H and O–H groups in total. The van der Waals surface area contributed by atoms with Crippen molar-refractivity contribution in [1.82, 2.24) is 10.1 Å². The number of amides is 1. The third-order valence-corrected chi connectivity index (χ3v) is 8.11. The highest BCUT2D eigenvalue weighted by Crippen LogP contribution is 2.37. The average molecular weight is 588 g/mol. The first-order valence-corrected chi connectivity index (χ1v) is 14.5.